The van der Waals surface area contributed by atoms with E-state index >= 15 is 0 Å². The van der Waals surface area contributed by atoms with Crippen molar-refractivity contribution < 1.29 is 17.9 Å². The Bertz CT molecular complexity index is 735. The van der Waals surface area contributed by atoms with E-state index in [4.69, 9.17) is 0 Å². The Morgan fingerprint density at radius 3 is 2.62 bits per heavy atom. The lowest BCUT2D eigenvalue weighted by molar-refractivity contribution is 0.0594. The van der Waals surface area contributed by atoms with Gasteiger partial charge in [0.2, 0.25) is 0 Å². The molecule has 0 atom stereocenters. The van der Waals surface area contributed by atoms with Crippen molar-refractivity contribution in [3.8, 4) is 0 Å². The molecule has 1 aromatic heterocycles. The first-order valence-electron chi connectivity index (χ1n) is 6.11. The van der Waals surface area contributed by atoms with Crippen LogP contribution in [0.1, 0.15) is 21.6 Å². The van der Waals surface area contributed by atoms with Gasteiger partial charge in [-0.05, 0) is 12.5 Å². The lowest BCUT2D eigenvalue weighted by atomic mass is 10.2. The standard InChI is InChI=1S/C13H15N3O4S/c1-9-3-5-10(6-4-9)8-14-21(18,19)12-7-11(15-16-12)13(17)20-2/h3-7,14H,8H2,1-2H3,(H,15,16). The number of hydrogen-bond donors (Lipinski definition) is 2. The summed E-state index contributed by atoms with van der Waals surface area (Å²) in [6.45, 7) is 2.10. The van der Waals surface area contributed by atoms with Gasteiger partial charge in [0.05, 0.1) is 7.11 Å². The van der Waals surface area contributed by atoms with Crippen LogP contribution in [-0.2, 0) is 21.3 Å². The average Bonchev–Trinajstić information content (AvgIpc) is 2.96. The minimum atomic E-state index is -3.77. The molecular weight excluding hydrogens is 294 g/mol. The molecule has 7 nitrogen and oxygen atoms in total. The van der Waals surface area contributed by atoms with Gasteiger partial charge >= 0.3 is 5.97 Å². The zero-order valence-corrected chi connectivity index (χ0v) is 12.4. The maximum Gasteiger partial charge on any atom is 0.358 e. The smallest absolute Gasteiger partial charge is 0.358 e. The molecule has 2 N–H and O–H groups in total. The Labute approximate surface area is 122 Å². The molecule has 0 saturated carbocycles. The maximum atomic E-state index is 12.1. The summed E-state index contributed by atoms with van der Waals surface area (Å²) >= 11 is 0. The number of methoxy groups -OCH3 is 1. The highest BCUT2D eigenvalue weighted by Gasteiger charge is 2.20. The second-order valence-corrected chi connectivity index (χ2v) is 6.15. The number of rotatable bonds is 5. The molecule has 0 fully saturated rings. The highest BCUT2D eigenvalue weighted by atomic mass is 32.2. The second kappa shape index (κ2) is 6.06. The van der Waals surface area contributed by atoms with E-state index in [1.807, 2.05) is 31.2 Å². The van der Waals surface area contributed by atoms with E-state index in [2.05, 4.69) is 19.7 Å². The summed E-state index contributed by atoms with van der Waals surface area (Å²) in [5, 5.41) is 5.72. The number of aryl methyl sites for hydroxylation is 1. The third-order valence-corrected chi connectivity index (χ3v) is 4.14. The quantitative estimate of drug-likeness (QED) is 0.802. The third-order valence-electron chi connectivity index (χ3n) is 2.83. The zero-order valence-electron chi connectivity index (χ0n) is 11.6. The molecule has 21 heavy (non-hydrogen) atoms. The van der Waals surface area contributed by atoms with Gasteiger partial charge in [-0.3, -0.25) is 5.10 Å². The fourth-order valence-electron chi connectivity index (χ4n) is 1.61. The summed E-state index contributed by atoms with van der Waals surface area (Å²) in [5.41, 5.74) is 1.84. The van der Waals surface area contributed by atoms with Gasteiger partial charge < -0.3 is 4.74 Å². The molecule has 0 unspecified atom stereocenters. The van der Waals surface area contributed by atoms with Crippen LogP contribution in [0.4, 0.5) is 0 Å². The molecular formula is C13H15N3O4S. The van der Waals surface area contributed by atoms with E-state index < -0.39 is 16.0 Å². The van der Waals surface area contributed by atoms with E-state index in [0.29, 0.717) is 0 Å². The van der Waals surface area contributed by atoms with Crippen LogP contribution in [0.15, 0.2) is 35.4 Å². The maximum absolute atomic E-state index is 12.1. The first kappa shape index (κ1) is 15.2. The molecule has 0 spiro atoms. The number of sulfonamides is 1. The predicted octanol–water partition coefficient (Wildman–Crippen LogP) is 0.983. The molecule has 0 bridgehead atoms. The van der Waals surface area contributed by atoms with Crippen molar-refractivity contribution in [1.29, 1.82) is 0 Å². The molecule has 0 amide bonds. The van der Waals surface area contributed by atoms with Gasteiger partial charge in [-0.2, -0.15) is 5.10 Å². The van der Waals surface area contributed by atoms with Crippen LogP contribution in [0.2, 0.25) is 0 Å². The van der Waals surface area contributed by atoms with Gasteiger partial charge in [-0.25, -0.2) is 17.9 Å². The summed E-state index contributed by atoms with van der Waals surface area (Å²) in [4.78, 5) is 11.2. The molecule has 0 radical (unpaired) electrons. The minimum absolute atomic E-state index is 0.0896. The van der Waals surface area contributed by atoms with E-state index in [1.54, 1.807) is 0 Å². The van der Waals surface area contributed by atoms with Gasteiger partial charge in [0.25, 0.3) is 10.0 Å². The summed E-state index contributed by atoms with van der Waals surface area (Å²) in [7, 11) is -2.57. The zero-order chi connectivity index (χ0) is 15.5. The molecule has 0 aliphatic carbocycles. The van der Waals surface area contributed by atoms with Crippen LogP contribution in [0.25, 0.3) is 0 Å². The van der Waals surface area contributed by atoms with Crippen molar-refractivity contribution in [3.05, 3.63) is 47.2 Å². The largest absolute Gasteiger partial charge is 0.464 e. The molecule has 112 valence electrons. The highest BCUT2D eigenvalue weighted by molar-refractivity contribution is 7.89. The number of benzene rings is 1. The Morgan fingerprint density at radius 1 is 1.33 bits per heavy atom. The Balaban J connectivity index is 2.09. The minimum Gasteiger partial charge on any atom is -0.464 e. The van der Waals surface area contributed by atoms with Crippen LogP contribution in [0, 0.1) is 6.92 Å². The van der Waals surface area contributed by atoms with Crippen LogP contribution < -0.4 is 4.72 Å². The van der Waals surface area contributed by atoms with E-state index in [1.165, 1.54) is 7.11 Å². The van der Waals surface area contributed by atoms with Crippen LogP contribution >= 0.6 is 0 Å². The molecule has 0 saturated heterocycles. The van der Waals surface area contributed by atoms with Gasteiger partial charge in [0, 0.05) is 12.6 Å². The Morgan fingerprint density at radius 2 is 2.00 bits per heavy atom. The molecule has 1 aromatic carbocycles. The molecule has 2 rings (SSSR count). The molecule has 0 aliphatic heterocycles. The lowest BCUT2D eigenvalue weighted by Gasteiger charge is -2.05. The number of nitrogens with zero attached hydrogens (tertiary/aromatic N) is 1. The van der Waals surface area contributed by atoms with Crippen LogP contribution in [0.3, 0.4) is 0 Å². The lowest BCUT2D eigenvalue weighted by Crippen LogP contribution is -2.23. The first-order chi connectivity index (χ1) is 9.92. The molecule has 8 heteroatoms. The number of carbonyl (C=O) groups excluding carboxylic acids is 1. The summed E-state index contributed by atoms with van der Waals surface area (Å²) in [5.74, 6) is -0.703. The molecule has 0 aliphatic rings. The Hall–Kier alpha value is -2.19. The number of aromatic amines is 1. The first-order valence-corrected chi connectivity index (χ1v) is 7.59. The SMILES string of the molecule is COC(=O)c1cc(S(=O)(=O)NCc2ccc(C)cc2)[nH]n1. The summed E-state index contributed by atoms with van der Waals surface area (Å²) < 4.78 is 31.0. The van der Waals surface area contributed by atoms with Crippen molar-refractivity contribution in [2.75, 3.05) is 7.11 Å². The van der Waals surface area contributed by atoms with Crippen LogP contribution in [0.5, 0.6) is 0 Å². The number of aromatic nitrogens is 2. The fraction of sp³-hybridized carbons (Fsp3) is 0.231. The highest BCUT2D eigenvalue weighted by Crippen LogP contribution is 2.09. The van der Waals surface area contributed by atoms with E-state index in [0.717, 1.165) is 17.2 Å². The van der Waals surface area contributed by atoms with Gasteiger partial charge in [-0.1, -0.05) is 29.8 Å². The number of nitrogens with one attached hydrogen (secondary N) is 2. The number of ether oxygens (including phenoxy) is 1. The predicted molar refractivity (Wildman–Crippen MR) is 75.1 cm³/mol. The van der Waals surface area contributed by atoms with Gasteiger partial charge in [0.15, 0.2) is 10.7 Å². The van der Waals surface area contributed by atoms with Gasteiger partial charge in [-0.15, -0.1) is 0 Å². The monoisotopic (exact) mass is 309 g/mol. The second-order valence-electron chi connectivity index (χ2n) is 4.42. The third kappa shape index (κ3) is 3.67. The number of hydrogen-bond acceptors (Lipinski definition) is 5. The van der Waals surface area contributed by atoms with Crippen molar-refractivity contribution >= 4 is 16.0 Å². The van der Waals surface area contributed by atoms with E-state index in [9.17, 15) is 13.2 Å². The normalized spacial score (nSPS) is 11.3. The number of carbonyl (C=O) groups is 1. The summed E-state index contributed by atoms with van der Waals surface area (Å²) in [6, 6.07) is 8.60. The summed E-state index contributed by atoms with van der Waals surface area (Å²) in [6.07, 6.45) is 0. The van der Waals surface area contributed by atoms with E-state index in [-0.39, 0.29) is 17.3 Å². The van der Waals surface area contributed by atoms with Crippen molar-refractivity contribution in [2.24, 2.45) is 0 Å². The average molecular weight is 309 g/mol. The van der Waals surface area contributed by atoms with Crippen molar-refractivity contribution in [3.63, 3.8) is 0 Å². The topological polar surface area (TPSA) is 101 Å². The van der Waals surface area contributed by atoms with Crippen LogP contribution in [-0.4, -0.2) is 31.7 Å². The Kier molecular flexibility index (Phi) is 4.39. The van der Waals surface area contributed by atoms with Gasteiger partial charge in [0.1, 0.15) is 0 Å². The number of H-pyrrole nitrogens is 1. The molecule has 1 heterocycles. The van der Waals surface area contributed by atoms with Crippen molar-refractivity contribution in [2.45, 2.75) is 18.5 Å². The molecule has 2 aromatic rings. The van der Waals surface area contributed by atoms with Crippen molar-refractivity contribution in [1.82, 2.24) is 14.9 Å². The number of esters is 1. The fourth-order valence-corrected chi connectivity index (χ4v) is 2.56.